The zero-order valence-corrected chi connectivity index (χ0v) is 14.8. The van der Waals surface area contributed by atoms with Crippen LogP contribution in [-0.2, 0) is 6.54 Å². The maximum Gasteiger partial charge on any atom is 0.257 e. The zero-order valence-electron chi connectivity index (χ0n) is 14.8. The predicted octanol–water partition coefficient (Wildman–Crippen LogP) is 4.22. The number of hydrogen-bond donors (Lipinski definition) is 0. The van der Waals surface area contributed by atoms with Crippen molar-refractivity contribution in [2.75, 3.05) is 13.1 Å². The molecule has 0 atom stereocenters. The molecule has 1 saturated heterocycles. The van der Waals surface area contributed by atoms with Crippen molar-refractivity contribution in [3.63, 3.8) is 0 Å². The van der Waals surface area contributed by atoms with Crippen LogP contribution in [0.2, 0.25) is 0 Å². The van der Waals surface area contributed by atoms with Crippen LogP contribution < -0.4 is 0 Å². The molecule has 1 fully saturated rings. The van der Waals surface area contributed by atoms with Gasteiger partial charge in [-0.15, -0.1) is 0 Å². The van der Waals surface area contributed by atoms with E-state index in [1.807, 2.05) is 64.3 Å². The van der Waals surface area contributed by atoms with Crippen molar-refractivity contribution in [2.24, 2.45) is 0 Å². The van der Waals surface area contributed by atoms with Gasteiger partial charge in [-0.25, -0.2) is 0 Å². The molecule has 0 spiro atoms. The Morgan fingerprint density at radius 3 is 2.23 bits per heavy atom. The van der Waals surface area contributed by atoms with Crippen LogP contribution in [0.5, 0.6) is 0 Å². The van der Waals surface area contributed by atoms with Crippen LogP contribution in [0.25, 0.3) is 11.3 Å². The molecule has 0 unspecified atom stereocenters. The summed E-state index contributed by atoms with van der Waals surface area (Å²) in [6, 6.07) is 20.2. The summed E-state index contributed by atoms with van der Waals surface area (Å²) >= 11 is 0. The molecular formula is C22H23N3O. The molecule has 26 heavy (non-hydrogen) atoms. The highest BCUT2D eigenvalue weighted by molar-refractivity contribution is 5.99. The maximum absolute atomic E-state index is 13.1. The van der Waals surface area contributed by atoms with E-state index in [2.05, 4.69) is 12.1 Å². The van der Waals surface area contributed by atoms with Gasteiger partial charge >= 0.3 is 0 Å². The third kappa shape index (κ3) is 3.54. The van der Waals surface area contributed by atoms with Gasteiger partial charge in [0.15, 0.2) is 0 Å². The molecule has 0 N–H and O–H groups in total. The normalized spacial score (nSPS) is 14.4. The Morgan fingerprint density at radius 1 is 0.885 bits per heavy atom. The molecule has 0 bridgehead atoms. The Balaban J connectivity index is 1.69. The number of nitrogens with zero attached hydrogens (tertiary/aromatic N) is 3. The Hall–Kier alpha value is -2.88. The molecule has 4 rings (SSSR count). The molecule has 1 aliphatic rings. The number of aromatic nitrogens is 2. The minimum atomic E-state index is 0.0999. The van der Waals surface area contributed by atoms with Crippen LogP contribution in [0, 0.1) is 0 Å². The van der Waals surface area contributed by atoms with Gasteiger partial charge in [0.25, 0.3) is 5.91 Å². The SMILES string of the molecule is O=C(c1cn(Cc2ccccc2)nc1-c1ccccc1)N1CCCCC1. The van der Waals surface area contributed by atoms with Gasteiger partial charge in [-0.05, 0) is 24.8 Å². The molecule has 1 aromatic heterocycles. The third-order valence-electron chi connectivity index (χ3n) is 4.87. The lowest BCUT2D eigenvalue weighted by atomic mass is 10.1. The fraction of sp³-hybridized carbons (Fsp3) is 0.273. The smallest absolute Gasteiger partial charge is 0.257 e. The average molecular weight is 345 g/mol. The number of rotatable bonds is 4. The van der Waals surface area contributed by atoms with Gasteiger partial charge in [-0.2, -0.15) is 5.10 Å². The van der Waals surface area contributed by atoms with E-state index < -0.39 is 0 Å². The molecule has 1 amide bonds. The van der Waals surface area contributed by atoms with Gasteiger partial charge < -0.3 is 4.90 Å². The Morgan fingerprint density at radius 2 is 1.54 bits per heavy atom. The summed E-state index contributed by atoms with van der Waals surface area (Å²) in [5, 5.41) is 4.76. The fourth-order valence-electron chi connectivity index (χ4n) is 3.51. The average Bonchev–Trinajstić information content (AvgIpc) is 3.13. The Labute approximate surface area is 154 Å². The summed E-state index contributed by atoms with van der Waals surface area (Å²) in [6.45, 7) is 2.35. The maximum atomic E-state index is 13.1. The monoisotopic (exact) mass is 345 g/mol. The van der Waals surface area contributed by atoms with Crippen molar-refractivity contribution in [1.29, 1.82) is 0 Å². The lowest BCUT2D eigenvalue weighted by Crippen LogP contribution is -2.35. The molecule has 2 aromatic carbocycles. The van der Waals surface area contributed by atoms with E-state index >= 15 is 0 Å². The van der Waals surface area contributed by atoms with Gasteiger partial charge in [0.2, 0.25) is 0 Å². The van der Waals surface area contributed by atoms with Crippen LogP contribution >= 0.6 is 0 Å². The standard InChI is InChI=1S/C22H23N3O/c26-22(24-14-8-3-9-15-24)20-17-25(16-18-10-4-1-5-11-18)23-21(20)19-12-6-2-7-13-19/h1-2,4-7,10-13,17H,3,8-9,14-16H2. The molecular weight excluding hydrogens is 322 g/mol. The topological polar surface area (TPSA) is 38.1 Å². The summed E-state index contributed by atoms with van der Waals surface area (Å²) < 4.78 is 1.88. The molecule has 132 valence electrons. The highest BCUT2D eigenvalue weighted by atomic mass is 16.2. The van der Waals surface area contributed by atoms with Crippen LogP contribution in [0.4, 0.5) is 0 Å². The molecule has 1 aliphatic heterocycles. The first kappa shape index (κ1) is 16.6. The lowest BCUT2D eigenvalue weighted by molar-refractivity contribution is 0.0725. The van der Waals surface area contributed by atoms with Crippen molar-refractivity contribution in [3.05, 3.63) is 78.0 Å². The Bertz CT molecular complexity index is 865. The summed E-state index contributed by atoms with van der Waals surface area (Å²) in [4.78, 5) is 15.1. The second-order valence-corrected chi connectivity index (χ2v) is 6.79. The fourth-order valence-corrected chi connectivity index (χ4v) is 3.51. The van der Waals surface area contributed by atoms with E-state index in [1.165, 1.54) is 12.0 Å². The summed E-state index contributed by atoms with van der Waals surface area (Å²) in [5.74, 6) is 0.0999. The second kappa shape index (κ2) is 7.56. The van der Waals surface area contributed by atoms with Crippen molar-refractivity contribution in [2.45, 2.75) is 25.8 Å². The Kier molecular flexibility index (Phi) is 4.82. The first-order valence-electron chi connectivity index (χ1n) is 9.27. The van der Waals surface area contributed by atoms with E-state index in [1.54, 1.807) is 0 Å². The second-order valence-electron chi connectivity index (χ2n) is 6.79. The molecule has 4 nitrogen and oxygen atoms in total. The van der Waals surface area contributed by atoms with Crippen molar-refractivity contribution < 1.29 is 4.79 Å². The summed E-state index contributed by atoms with van der Waals surface area (Å²) in [6.07, 6.45) is 5.30. The van der Waals surface area contributed by atoms with Crippen LogP contribution in [0.3, 0.4) is 0 Å². The van der Waals surface area contributed by atoms with Crippen LogP contribution in [-0.4, -0.2) is 33.7 Å². The van der Waals surface area contributed by atoms with Crippen molar-refractivity contribution >= 4 is 5.91 Å². The number of amides is 1. The number of carbonyl (C=O) groups is 1. The number of hydrogen-bond acceptors (Lipinski definition) is 2. The van der Waals surface area contributed by atoms with E-state index in [0.717, 1.165) is 37.2 Å². The highest BCUT2D eigenvalue weighted by Gasteiger charge is 2.24. The lowest BCUT2D eigenvalue weighted by Gasteiger charge is -2.26. The van der Waals surface area contributed by atoms with Crippen molar-refractivity contribution in [3.8, 4) is 11.3 Å². The molecule has 3 aromatic rings. The van der Waals surface area contributed by atoms with E-state index in [-0.39, 0.29) is 5.91 Å². The third-order valence-corrected chi connectivity index (χ3v) is 4.87. The summed E-state index contributed by atoms with van der Waals surface area (Å²) in [5.41, 5.74) is 3.64. The quantitative estimate of drug-likeness (QED) is 0.710. The van der Waals surface area contributed by atoms with E-state index in [4.69, 9.17) is 5.10 Å². The molecule has 4 heteroatoms. The zero-order chi connectivity index (χ0) is 17.8. The van der Waals surface area contributed by atoms with E-state index in [9.17, 15) is 4.79 Å². The highest BCUT2D eigenvalue weighted by Crippen LogP contribution is 2.25. The molecule has 0 radical (unpaired) electrons. The van der Waals surface area contributed by atoms with Gasteiger partial charge in [-0.1, -0.05) is 60.7 Å². The van der Waals surface area contributed by atoms with Gasteiger partial charge in [0, 0.05) is 24.8 Å². The number of likely N-dealkylation sites (tertiary alicyclic amines) is 1. The van der Waals surface area contributed by atoms with Gasteiger partial charge in [-0.3, -0.25) is 9.48 Å². The first-order chi connectivity index (χ1) is 12.8. The molecule has 2 heterocycles. The summed E-state index contributed by atoms with van der Waals surface area (Å²) in [7, 11) is 0. The number of benzene rings is 2. The van der Waals surface area contributed by atoms with Gasteiger partial charge in [0.1, 0.15) is 5.69 Å². The van der Waals surface area contributed by atoms with Crippen molar-refractivity contribution in [1.82, 2.24) is 14.7 Å². The predicted molar refractivity (Wildman–Crippen MR) is 103 cm³/mol. The van der Waals surface area contributed by atoms with Crippen LogP contribution in [0.1, 0.15) is 35.2 Å². The minimum absolute atomic E-state index is 0.0999. The minimum Gasteiger partial charge on any atom is -0.339 e. The van der Waals surface area contributed by atoms with Gasteiger partial charge in [0.05, 0.1) is 12.1 Å². The largest absolute Gasteiger partial charge is 0.339 e. The number of carbonyl (C=O) groups excluding carboxylic acids is 1. The number of piperidine rings is 1. The van der Waals surface area contributed by atoms with E-state index in [0.29, 0.717) is 12.1 Å². The van der Waals surface area contributed by atoms with Crippen LogP contribution in [0.15, 0.2) is 66.9 Å². The molecule has 0 saturated carbocycles. The molecule has 0 aliphatic carbocycles. The first-order valence-corrected chi connectivity index (χ1v) is 9.27.